The summed E-state index contributed by atoms with van der Waals surface area (Å²) in [4.78, 5) is 13.0. The Morgan fingerprint density at radius 1 is 1.07 bits per heavy atom. The van der Waals surface area contributed by atoms with Crippen molar-refractivity contribution in [3.05, 3.63) is 107 Å². The zero-order valence-electron chi connectivity index (χ0n) is 16.3. The first-order valence-corrected chi connectivity index (χ1v) is 9.82. The molecule has 0 unspecified atom stereocenters. The van der Waals surface area contributed by atoms with Gasteiger partial charge in [-0.1, -0.05) is 71.8 Å². The maximum Gasteiger partial charge on any atom is 0.259 e. The topological polar surface area (TPSA) is 46.9 Å². The summed E-state index contributed by atoms with van der Waals surface area (Å²) in [7, 11) is 0. The van der Waals surface area contributed by atoms with Gasteiger partial charge >= 0.3 is 0 Å². The molecule has 0 bridgehead atoms. The predicted molar refractivity (Wildman–Crippen MR) is 117 cm³/mol. The summed E-state index contributed by atoms with van der Waals surface area (Å²) in [6.45, 7) is 2.51. The first-order chi connectivity index (χ1) is 14.5. The fourth-order valence-corrected chi connectivity index (χ4v) is 3.32. The molecule has 0 aliphatic rings. The van der Waals surface area contributed by atoms with Crippen LogP contribution in [0, 0.1) is 12.7 Å². The van der Waals surface area contributed by atoms with Crippen LogP contribution in [0.1, 0.15) is 21.5 Å². The van der Waals surface area contributed by atoms with Gasteiger partial charge in [-0.15, -0.1) is 0 Å². The van der Waals surface area contributed by atoms with Gasteiger partial charge in [-0.3, -0.25) is 9.48 Å². The average Bonchev–Trinajstić information content (AvgIpc) is 3.16. The van der Waals surface area contributed by atoms with Crippen molar-refractivity contribution in [1.29, 1.82) is 0 Å². The first-order valence-electron chi connectivity index (χ1n) is 9.44. The van der Waals surface area contributed by atoms with Crippen LogP contribution in [0.15, 0.2) is 79.0 Å². The molecule has 4 nitrogen and oxygen atoms in total. The van der Waals surface area contributed by atoms with Gasteiger partial charge in [0, 0.05) is 16.8 Å². The molecule has 0 radical (unpaired) electrons. The molecule has 0 saturated carbocycles. The highest BCUT2D eigenvalue weighted by atomic mass is 35.5. The van der Waals surface area contributed by atoms with Crippen molar-refractivity contribution < 1.29 is 9.18 Å². The SMILES string of the molecule is Cc1ccc(-c2nn(Cc3ccccc3)cc2C(=O)Nc2cc(Cl)ccc2F)cc1. The molecule has 6 heteroatoms. The van der Waals surface area contributed by atoms with Crippen LogP contribution in [0.2, 0.25) is 5.02 Å². The summed E-state index contributed by atoms with van der Waals surface area (Å²) in [5.74, 6) is -1.01. The molecule has 4 rings (SSSR count). The van der Waals surface area contributed by atoms with Crippen molar-refractivity contribution in [2.75, 3.05) is 5.32 Å². The minimum atomic E-state index is -0.554. The van der Waals surface area contributed by atoms with Gasteiger partial charge in [0.25, 0.3) is 5.91 Å². The zero-order valence-corrected chi connectivity index (χ0v) is 17.0. The summed E-state index contributed by atoms with van der Waals surface area (Å²) >= 11 is 5.95. The fourth-order valence-electron chi connectivity index (χ4n) is 3.15. The van der Waals surface area contributed by atoms with Gasteiger partial charge in [0.1, 0.15) is 11.5 Å². The number of hydrogen-bond acceptors (Lipinski definition) is 2. The number of hydrogen-bond donors (Lipinski definition) is 1. The van der Waals surface area contributed by atoms with E-state index >= 15 is 0 Å². The van der Waals surface area contributed by atoms with Crippen LogP contribution < -0.4 is 5.32 Å². The van der Waals surface area contributed by atoms with Crippen molar-refractivity contribution in [1.82, 2.24) is 9.78 Å². The van der Waals surface area contributed by atoms with E-state index < -0.39 is 11.7 Å². The normalized spacial score (nSPS) is 10.8. The highest BCUT2D eigenvalue weighted by Gasteiger charge is 2.19. The molecule has 0 aliphatic heterocycles. The van der Waals surface area contributed by atoms with E-state index in [1.54, 1.807) is 10.9 Å². The van der Waals surface area contributed by atoms with Crippen molar-refractivity contribution in [2.24, 2.45) is 0 Å². The van der Waals surface area contributed by atoms with Gasteiger partial charge in [-0.05, 0) is 30.7 Å². The molecule has 0 fully saturated rings. The molecule has 1 heterocycles. The standard InChI is InChI=1S/C24H19ClFN3O/c1-16-7-9-18(10-8-16)23-20(15-29(28-23)14-17-5-3-2-4-6-17)24(30)27-22-13-19(25)11-12-21(22)26/h2-13,15H,14H2,1H3,(H,27,30). The Hall–Kier alpha value is -3.44. The number of aryl methyl sites for hydroxylation is 1. The quantitative estimate of drug-likeness (QED) is 0.434. The largest absolute Gasteiger partial charge is 0.319 e. The number of rotatable bonds is 5. The number of halogens is 2. The minimum Gasteiger partial charge on any atom is -0.319 e. The number of aromatic nitrogens is 2. The molecule has 3 aromatic carbocycles. The second-order valence-corrected chi connectivity index (χ2v) is 7.46. The lowest BCUT2D eigenvalue weighted by molar-refractivity contribution is 0.102. The highest BCUT2D eigenvalue weighted by molar-refractivity contribution is 6.31. The number of benzene rings is 3. The summed E-state index contributed by atoms with van der Waals surface area (Å²) in [6.07, 6.45) is 1.68. The predicted octanol–water partition coefficient (Wildman–Crippen LogP) is 5.95. The summed E-state index contributed by atoms with van der Waals surface area (Å²) in [5.41, 5.74) is 3.89. The monoisotopic (exact) mass is 419 g/mol. The lowest BCUT2D eigenvalue weighted by Gasteiger charge is -2.07. The molecule has 1 amide bonds. The molecule has 4 aromatic rings. The highest BCUT2D eigenvalue weighted by Crippen LogP contribution is 2.26. The number of nitrogens with one attached hydrogen (secondary N) is 1. The number of anilines is 1. The Morgan fingerprint density at radius 3 is 2.53 bits per heavy atom. The van der Waals surface area contributed by atoms with E-state index in [0.717, 1.165) is 16.7 Å². The van der Waals surface area contributed by atoms with Gasteiger partial charge in [0.2, 0.25) is 0 Å². The Morgan fingerprint density at radius 2 is 1.80 bits per heavy atom. The summed E-state index contributed by atoms with van der Waals surface area (Å²) < 4.78 is 15.8. The molecule has 1 aromatic heterocycles. The summed E-state index contributed by atoms with van der Waals surface area (Å²) in [6, 6.07) is 21.6. The van der Waals surface area contributed by atoms with Crippen LogP contribution in [-0.4, -0.2) is 15.7 Å². The Bertz CT molecular complexity index is 1190. The molecule has 1 N–H and O–H groups in total. The van der Waals surface area contributed by atoms with Crippen LogP contribution in [0.25, 0.3) is 11.3 Å². The molecule has 0 aliphatic carbocycles. The van der Waals surface area contributed by atoms with Gasteiger partial charge in [-0.2, -0.15) is 5.10 Å². The van der Waals surface area contributed by atoms with Crippen molar-refractivity contribution in [3.63, 3.8) is 0 Å². The first kappa shape index (κ1) is 19.9. The number of amides is 1. The molecular formula is C24H19ClFN3O. The van der Waals surface area contributed by atoms with Crippen LogP contribution in [0.5, 0.6) is 0 Å². The van der Waals surface area contributed by atoms with E-state index in [9.17, 15) is 9.18 Å². The Balaban J connectivity index is 1.71. The van der Waals surface area contributed by atoms with Gasteiger partial charge in [0.05, 0.1) is 17.8 Å². The third-order valence-electron chi connectivity index (χ3n) is 4.70. The Labute approximate surface area is 178 Å². The van der Waals surface area contributed by atoms with E-state index in [1.165, 1.54) is 18.2 Å². The smallest absolute Gasteiger partial charge is 0.259 e. The molecular weight excluding hydrogens is 401 g/mol. The second kappa shape index (κ2) is 8.51. The van der Waals surface area contributed by atoms with Crippen LogP contribution in [0.3, 0.4) is 0 Å². The lowest BCUT2D eigenvalue weighted by Crippen LogP contribution is -2.13. The zero-order chi connectivity index (χ0) is 21.1. The molecule has 0 saturated heterocycles. The molecule has 150 valence electrons. The van der Waals surface area contributed by atoms with E-state index in [4.69, 9.17) is 11.6 Å². The van der Waals surface area contributed by atoms with E-state index in [2.05, 4.69) is 10.4 Å². The van der Waals surface area contributed by atoms with Crippen LogP contribution in [0.4, 0.5) is 10.1 Å². The third kappa shape index (κ3) is 4.42. The van der Waals surface area contributed by atoms with Crippen molar-refractivity contribution >= 4 is 23.2 Å². The second-order valence-electron chi connectivity index (χ2n) is 7.02. The maximum atomic E-state index is 14.1. The number of carbonyl (C=O) groups excluding carboxylic acids is 1. The number of carbonyl (C=O) groups is 1. The third-order valence-corrected chi connectivity index (χ3v) is 4.93. The van der Waals surface area contributed by atoms with Gasteiger partial charge in [0.15, 0.2) is 0 Å². The molecule has 0 atom stereocenters. The number of nitrogens with zero attached hydrogens (tertiary/aromatic N) is 2. The lowest BCUT2D eigenvalue weighted by atomic mass is 10.1. The summed E-state index contributed by atoms with van der Waals surface area (Å²) in [5, 5.41) is 7.60. The maximum absolute atomic E-state index is 14.1. The van der Waals surface area contributed by atoms with Crippen molar-refractivity contribution in [2.45, 2.75) is 13.5 Å². The average molecular weight is 420 g/mol. The fraction of sp³-hybridized carbons (Fsp3) is 0.0833. The van der Waals surface area contributed by atoms with Crippen molar-refractivity contribution in [3.8, 4) is 11.3 Å². The van der Waals surface area contributed by atoms with E-state index in [0.29, 0.717) is 22.8 Å². The van der Waals surface area contributed by atoms with Crippen LogP contribution in [-0.2, 0) is 6.54 Å². The van der Waals surface area contributed by atoms with Gasteiger partial charge in [-0.25, -0.2) is 4.39 Å². The minimum absolute atomic E-state index is 0.0261. The Kier molecular flexibility index (Phi) is 5.63. The van der Waals surface area contributed by atoms with Gasteiger partial charge < -0.3 is 5.32 Å². The van der Waals surface area contributed by atoms with E-state index in [1.807, 2.05) is 61.5 Å². The molecule has 30 heavy (non-hydrogen) atoms. The molecule has 0 spiro atoms. The van der Waals surface area contributed by atoms with E-state index in [-0.39, 0.29) is 5.69 Å². The van der Waals surface area contributed by atoms with Crippen LogP contribution >= 0.6 is 11.6 Å².